The minimum absolute atomic E-state index is 0.691. The van der Waals surface area contributed by atoms with E-state index >= 15 is 0 Å². The first-order chi connectivity index (χ1) is 11.1. The van der Waals surface area contributed by atoms with Crippen molar-refractivity contribution in [3.05, 3.63) is 30.3 Å². The second kappa shape index (κ2) is 11.2. The fourth-order valence-electron chi connectivity index (χ4n) is 3.14. The zero-order valence-electron chi connectivity index (χ0n) is 14.9. The lowest BCUT2D eigenvalue weighted by Crippen LogP contribution is -2.96. The molecule has 0 unspecified atom stereocenters. The molecule has 0 spiro atoms. The molecule has 0 radical (unpaired) electrons. The van der Waals surface area contributed by atoms with Gasteiger partial charge >= 0.3 is 0 Å². The van der Waals surface area contributed by atoms with Gasteiger partial charge in [-0.05, 0) is 25.0 Å². The van der Waals surface area contributed by atoms with Crippen molar-refractivity contribution in [2.75, 3.05) is 0 Å². The molecule has 3 nitrogen and oxygen atoms in total. The molecule has 0 aliphatic heterocycles. The number of hydrogen-bond acceptors (Lipinski definition) is 2. The summed E-state index contributed by atoms with van der Waals surface area (Å²) in [5.74, 6) is -0.908. The van der Waals surface area contributed by atoms with Gasteiger partial charge in [0.05, 0.1) is 0 Å². The molecule has 0 heterocycles. The Kier molecular flexibility index (Phi) is 9.61. The van der Waals surface area contributed by atoms with Gasteiger partial charge in [0, 0.05) is 12.8 Å². The summed E-state index contributed by atoms with van der Waals surface area (Å²) in [6, 6.07) is 9.84. The Morgan fingerprint density at radius 1 is 0.913 bits per heavy atom. The van der Waals surface area contributed by atoms with E-state index in [0.717, 1.165) is 44.2 Å². The number of unbranched alkanes of at least 4 members (excludes halogenated alkanes) is 6. The van der Waals surface area contributed by atoms with Crippen molar-refractivity contribution in [3.8, 4) is 0 Å². The van der Waals surface area contributed by atoms with Crippen LogP contribution in [0.1, 0.15) is 78.1 Å². The third kappa shape index (κ3) is 7.17. The molecule has 1 aromatic rings. The number of carboxylic acids is 1. The fourth-order valence-corrected chi connectivity index (χ4v) is 3.14. The molecular formula is C20H33NO2. The highest BCUT2D eigenvalue weighted by molar-refractivity contribution is 5.74. The van der Waals surface area contributed by atoms with Crippen molar-refractivity contribution in [3.63, 3.8) is 0 Å². The quantitative estimate of drug-likeness (QED) is 0.448. The van der Waals surface area contributed by atoms with Gasteiger partial charge in [-0.25, -0.2) is 0 Å². The van der Waals surface area contributed by atoms with Gasteiger partial charge in [-0.2, -0.15) is 0 Å². The van der Waals surface area contributed by atoms with Crippen LogP contribution in [0.15, 0.2) is 30.3 Å². The van der Waals surface area contributed by atoms with Gasteiger partial charge in [0.1, 0.15) is 17.2 Å². The Bertz CT molecular complexity index is 419. The lowest BCUT2D eigenvalue weighted by molar-refractivity contribution is -0.651. The number of carbonyl (C=O) groups excluding carboxylic acids is 1. The monoisotopic (exact) mass is 319 g/mol. The first-order valence-corrected chi connectivity index (χ1v) is 9.27. The first kappa shape index (κ1) is 19.7. The number of nitrogens with two attached hydrogens (primary N) is 1. The normalized spacial score (nSPS) is 11.6. The molecule has 0 saturated heterocycles. The van der Waals surface area contributed by atoms with E-state index in [2.05, 4.69) is 13.8 Å². The van der Waals surface area contributed by atoms with E-state index in [9.17, 15) is 9.90 Å². The minimum Gasteiger partial charge on any atom is -0.544 e. The molecule has 0 fully saturated rings. The van der Waals surface area contributed by atoms with Gasteiger partial charge in [0.25, 0.3) is 0 Å². The van der Waals surface area contributed by atoms with Crippen molar-refractivity contribution in [1.82, 2.24) is 0 Å². The molecule has 0 saturated carbocycles. The van der Waals surface area contributed by atoms with Crippen LogP contribution in [0, 0.1) is 0 Å². The van der Waals surface area contributed by atoms with E-state index in [4.69, 9.17) is 0 Å². The van der Waals surface area contributed by atoms with Crippen molar-refractivity contribution in [2.24, 2.45) is 0 Å². The number of hydrogen-bond donors (Lipinski definition) is 1. The van der Waals surface area contributed by atoms with Crippen LogP contribution in [0.5, 0.6) is 0 Å². The Hall–Kier alpha value is -1.35. The molecular weight excluding hydrogens is 286 g/mol. The van der Waals surface area contributed by atoms with E-state index < -0.39 is 11.5 Å². The summed E-state index contributed by atoms with van der Waals surface area (Å²) in [4.78, 5) is 12.0. The van der Waals surface area contributed by atoms with E-state index in [-0.39, 0.29) is 0 Å². The van der Waals surface area contributed by atoms with Crippen LogP contribution in [-0.2, 0) is 4.79 Å². The Morgan fingerprint density at radius 3 is 1.87 bits per heavy atom. The topological polar surface area (TPSA) is 56.7 Å². The van der Waals surface area contributed by atoms with Crippen molar-refractivity contribution in [1.29, 1.82) is 0 Å². The highest BCUT2D eigenvalue weighted by atomic mass is 16.4. The maximum atomic E-state index is 12.0. The largest absolute Gasteiger partial charge is 0.544 e. The molecule has 0 aromatic heterocycles. The smallest absolute Gasteiger partial charge is 0.141 e. The van der Waals surface area contributed by atoms with E-state index in [1.807, 2.05) is 35.6 Å². The molecule has 23 heavy (non-hydrogen) atoms. The number of carbonyl (C=O) groups is 1. The van der Waals surface area contributed by atoms with E-state index in [1.165, 1.54) is 12.8 Å². The van der Waals surface area contributed by atoms with Crippen LogP contribution in [0.3, 0.4) is 0 Å². The summed E-state index contributed by atoms with van der Waals surface area (Å²) < 4.78 is 0. The number of rotatable bonds is 13. The Labute approximate surface area is 141 Å². The summed E-state index contributed by atoms with van der Waals surface area (Å²) in [5.41, 5.74) is 0.172. The van der Waals surface area contributed by atoms with Crippen molar-refractivity contribution in [2.45, 2.75) is 83.6 Å². The van der Waals surface area contributed by atoms with Gasteiger partial charge < -0.3 is 15.2 Å². The number of benzene rings is 1. The molecule has 0 aliphatic rings. The molecule has 1 aromatic carbocycles. The minimum atomic E-state index is -0.908. The second-order valence-corrected chi connectivity index (χ2v) is 6.62. The molecule has 0 amide bonds. The molecule has 130 valence electrons. The third-order valence-corrected chi connectivity index (χ3v) is 4.60. The number of para-hydroxylation sites is 1. The lowest BCUT2D eigenvalue weighted by atomic mass is 9.86. The van der Waals surface area contributed by atoms with Gasteiger partial charge in [0.2, 0.25) is 0 Å². The van der Waals surface area contributed by atoms with Crippen LogP contribution in [0.2, 0.25) is 0 Å². The lowest BCUT2D eigenvalue weighted by Gasteiger charge is -2.32. The maximum absolute atomic E-state index is 12.0. The van der Waals surface area contributed by atoms with Gasteiger partial charge in [-0.3, -0.25) is 0 Å². The zero-order valence-corrected chi connectivity index (χ0v) is 14.9. The van der Waals surface area contributed by atoms with Crippen LogP contribution in [-0.4, -0.2) is 11.5 Å². The Balaban J connectivity index is 2.77. The highest BCUT2D eigenvalue weighted by Crippen LogP contribution is 2.21. The van der Waals surface area contributed by atoms with Crippen LogP contribution >= 0.6 is 0 Å². The molecule has 0 bridgehead atoms. The van der Waals surface area contributed by atoms with Crippen LogP contribution in [0.25, 0.3) is 0 Å². The first-order valence-electron chi connectivity index (χ1n) is 9.27. The maximum Gasteiger partial charge on any atom is 0.141 e. The number of carboxylic acid groups (broad SMARTS) is 1. The Morgan fingerprint density at radius 2 is 1.43 bits per heavy atom. The zero-order chi connectivity index (χ0) is 17.0. The highest BCUT2D eigenvalue weighted by Gasteiger charge is 2.35. The van der Waals surface area contributed by atoms with Gasteiger partial charge in [-0.1, -0.05) is 70.6 Å². The van der Waals surface area contributed by atoms with Crippen molar-refractivity contribution < 1.29 is 15.2 Å². The van der Waals surface area contributed by atoms with Gasteiger partial charge in [-0.15, -0.1) is 0 Å². The van der Waals surface area contributed by atoms with Crippen LogP contribution < -0.4 is 10.4 Å². The van der Waals surface area contributed by atoms with Crippen LogP contribution in [0.4, 0.5) is 5.69 Å². The number of aliphatic carboxylic acids is 1. The molecule has 3 heteroatoms. The van der Waals surface area contributed by atoms with Gasteiger partial charge in [0.15, 0.2) is 0 Å². The molecule has 1 rings (SSSR count). The SMILES string of the molecule is CCCCCCC(CCCCCC)([NH2+]c1ccccc1)C(=O)[O-]. The molecule has 0 aliphatic carbocycles. The average molecular weight is 319 g/mol. The van der Waals surface area contributed by atoms with E-state index in [1.54, 1.807) is 0 Å². The molecule has 2 N–H and O–H groups in total. The average Bonchev–Trinajstić information content (AvgIpc) is 2.56. The molecule has 0 atom stereocenters. The standard InChI is InChI=1S/C20H33NO2/c1-3-5-7-12-16-20(19(22)23,17-13-8-6-4-2)21-18-14-10-9-11-15-18/h9-11,14-15,21H,3-8,12-13,16-17H2,1-2H3,(H,22,23). The van der Waals surface area contributed by atoms with E-state index in [0.29, 0.717) is 12.8 Å². The third-order valence-electron chi connectivity index (χ3n) is 4.60. The summed E-state index contributed by atoms with van der Waals surface area (Å²) >= 11 is 0. The second-order valence-electron chi connectivity index (χ2n) is 6.62. The summed E-state index contributed by atoms with van der Waals surface area (Å²) in [6.07, 6.45) is 10.2. The predicted molar refractivity (Wildman–Crippen MR) is 93.3 cm³/mol. The van der Waals surface area contributed by atoms with Crippen molar-refractivity contribution >= 4 is 11.7 Å². The fraction of sp³-hybridized carbons (Fsp3) is 0.650. The predicted octanol–water partition coefficient (Wildman–Crippen LogP) is 3.31. The summed E-state index contributed by atoms with van der Waals surface area (Å²) in [6.45, 7) is 4.35. The summed E-state index contributed by atoms with van der Waals surface area (Å²) in [5, 5.41) is 14.0. The summed E-state index contributed by atoms with van der Waals surface area (Å²) in [7, 11) is 0. The number of quaternary nitrogens is 1.